The number of carbonyl (C=O) groups excluding carboxylic acids is 1. The monoisotopic (exact) mass is 465 g/mol. The molecule has 4 fully saturated rings. The summed E-state index contributed by atoms with van der Waals surface area (Å²) in [5.74, 6) is -0.117. The zero-order valence-electron chi connectivity index (χ0n) is 17.4. The minimum absolute atomic E-state index is 0.0500. The van der Waals surface area contributed by atoms with Crippen molar-refractivity contribution in [2.75, 3.05) is 0 Å². The van der Waals surface area contributed by atoms with E-state index >= 15 is 0 Å². The van der Waals surface area contributed by atoms with Crippen LogP contribution >= 0.6 is 11.6 Å². The van der Waals surface area contributed by atoms with Crippen LogP contribution < -0.4 is 5.32 Å². The van der Waals surface area contributed by atoms with E-state index in [9.17, 15) is 22.4 Å². The molecule has 170 valence electrons. The molecule has 0 saturated heterocycles. The largest absolute Gasteiger partial charge is 0.416 e. The topological polar surface area (TPSA) is 29.1 Å². The lowest BCUT2D eigenvalue weighted by Crippen LogP contribution is -2.59. The molecular formula is C25H24ClF4NO. The SMILES string of the molecule is O=C(NCc1ccc(C(F)(F)F)cc1F)C12CC3CC(C1)CC(c1ccc(Cl)cc1)(C3)C2. The van der Waals surface area contributed by atoms with Crippen molar-refractivity contribution in [3.8, 4) is 0 Å². The average Bonchev–Trinajstić information content (AvgIpc) is 2.71. The van der Waals surface area contributed by atoms with Crippen LogP contribution in [0.3, 0.4) is 0 Å². The van der Waals surface area contributed by atoms with Crippen molar-refractivity contribution in [3.05, 3.63) is 70.0 Å². The van der Waals surface area contributed by atoms with Crippen LogP contribution in [0.1, 0.15) is 55.2 Å². The second kappa shape index (κ2) is 7.47. The molecule has 4 aliphatic carbocycles. The molecule has 0 heterocycles. The van der Waals surface area contributed by atoms with Crippen molar-refractivity contribution in [2.24, 2.45) is 17.3 Å². The summed E-state index contributed by atoms with van der Waals surface area (Å²) in [5, 5.41) is 3.54. The van der Waals surface area contributed by atoms with Crippen LogP contribution in [-0.4, -0.2) is 5.91 Å². The molecule has 7 heteroatoms. The van der Waals surface area contributed by atoms with Gasteiger partial charge in [0.05, 0.1) is 11.0 Å². The molecule has 2 unspecified atom stereocenters. The van der Waals surface area contributed by atoms with E-state index < -0.39 is 23.0 Å². The maximum atomic E-state index is 14.2. The van der Waals surface area contributed by atoms with E-state index in [1.54, 1.807) is 0 Å². The van der Waals surface area contributed by atoms with Crippen LogP contribution in [0.2, 0.25) is 5.02 Å². The van der Waals surface area contributed by atoms with E-state index in [0.29, 0.717) is 22.9 Å². The number of hydrogen-bond acceptors (Lipinski definition) is 1. The molecule has 4 aliphatic rings. The Bertz CT molecular complexity index is 1030. The Morgan fingerprint density at radius 3 is 2.28 bits per heavy atom. The second-order valence-electron chi connectivity index (χ2n) is 10.0. The van der Waals surface area contributed by atoms with Gasteiger partial charge in [-0.1, -0.05) is 29.8 Å². The quantitative estimate of drug-likeness (QED) is 0.503. The maximum absolute atomic E-state index is 14.2. The van der Waals surface area contributed by atoms with Crippen molar-refractivity contribution < 1.29 is 22.4 Å². The van der Waals surface area contributed by atoms with E-state index in [1.807, 2.05) is 12.1 Å². The van der Waals surface area contributed by atoms with Gasteiger partial charge < -0.3 is 5.32 Å². The van der Waals surface area contributed by atoms with Gasteiger partial charge in [0.2, 0.25) is 5.91 Å². The molecule has 1 N–H and O–H groups in total. The average molecular weight is 466 g/mol. The van der Waals surface area contributed by atoms with E-state index in [2.05, 4.69) is 17.4 Å². The second-order valence-corrected chi connectivity index (χ2v) is 10.5. The third-order valence-electron chi connectivity index (χ3n) is 7.82. The number of nitrogens with one attached hydrogen (secondary N) is 1. The van der Waals surface area contributed by atoms with Gasteiger partial charge in [-0.15, -0.1) is 0 Å². The van der Waals surface area contributed by atoms with Gasteiger partial charge in [-0.05, 0) is 85.6 Å². The van der Waals surface area contributed by atoms with Crippen LogP contribution in [0.15, 0.2) is 42.5 Å². The molecule has 1 amide bonds. The normalized spacial score (nSPS) is 31.0. The lowest BCUT2D eigenvalue weighted by molar-refractivity contribution is -0.149. The number of carbonyl (C=O) groups is 1. The summed E-state index contributed by atoms with van der Waals surface area (Å²) >= 11 is 6.09. The molecule has 0 aliphatic heterocycles. The van der Waals surface area contributed by atoms with E-state index in [4.69, 9.17) is 11.6 Å². The number of halogens is 5. The van der Waals surface area contributed by atoms with Gasteiger partial charge in [-0.25, -0.2) is 4.39 Å². The zero-order valence-corrected chi connectivity index (χ0v) is 18.2. The van der Waals surface area contributed by atoms with Gasteiger partial charge in [0.25, 0.3) is 0 Å². The highest BCUT2D eigenvalue weighted by atomic mass is 35.5. The van der Waals surface area contributed by atoms with Crippen LogP contribution in [0.25, 0.3) is 0 Å². The molecule has 2 atom stereocenters. The van der Waals surface area contributed by atoms with Crippen molar-refractivity contribution >= 4 is 17.5 Å². The summed E-state index contributed by atoms with van der Waals surface area (Å²) in [6.07, 6.45) is 1.05. The first kappa shape index (κ1) is 21.7. The van der Waals surface area contributed by atoms with Gasteiger partial charge in [-0.3, -0.25) is 4.79 Å². The van der Waals surface area contributed by atoms with Crippen LogP contribution in [-0.2, 0) is 22.9 Å². The molecule has 6 rings (SSSR count). The number of rotatable bonds is 4. The van der Waals surface area contributed by atoms with E-state index in [1.165, 1.54) is 5.56 Å². The van der Waals surface area contributed by atoms with Gasteiger partial charge in [0.15, 0.2) is 0 Å². The number of alkyl halides is 3. The highest BCUT2D eigenvalue weighted by Gasteiger charge is 2.60. The Labute approximate surface area is 189 Å². The molecular weight excluding hydrogens is 442 g/mol. The summed E-state index contributed by atoms with van der Waals surface area (Å²) in [4.78, 5) is 13.4. The Balaban J connectivity index is 1.35. The molecule has 0 radical (unpaired) electrons. The molecule has 0 aromatic heterocycles. The van der Waals surface area contributed by atoms with Gasteiger partial charge in [0, 0.05) is 17.1 Å². The highest BCUT2D eigenvalue weighted by Crippen LogP contribution is 2.65. The first-order valence-corrected chi connectivity index (χ1v) is 11.4. The third-order valence-corrected chi connectivity index (χ3v) is 8.07. The molecule has 4 saturated carbocycles. The zero-order chi connectivity index (χ0) is 22.7. The molecule has 2 aromatic rings. The fraction of sp³-hybridized carbons (Fsp3) is 0.480. The number of benzene rings is 2. The minimum Gasteiger partial charge on any atom is -0.351 e. The lowest BCUT2D eigenvalue weighted by Gasteiger charge is -2.61. The smallest absolute Gasteiger partial charge is 0.351 e. The predicted molar refractivity (Wildman–Crippen MR) is 113 cm³/mol. The predicted octanol–water partition coefficient (Wildman–Crippen LogP) is 6.65. The fourth-order valence-electron chi connectivity index (χ4n) is 6.90. The van der Waals surface area contributed by atoms with Crippen molar-refractivity contribution in [3.63, 3.8) is 0 Å². The van der Waals surface area contributed by atoms with Crippen LogP contribution in [0.4, 0.5) is 17.6 Å². The molecule has 2 aromatic carbocycles. The van der Waals surface area contributed by atoms with Crippen LogP contribution in [0.5, 0.6) is 0 Å². The standard InChI is InChI=1S/C25H24ClF4NO/c26-20-5-3-18(4-6-20)23-9-15-7-16(10-23)12-24(11-15,14-23)22(32)31-13-17-1-2-19(8-21(17)27)25(28,29)30/h1-6,8,15-16H,7,9-14H2,(H,31,32). The van der Waals surface area contributed by atoms with Gasteiger partial charge >= 0.3 is 6.18 Å². The Morgan fingerprint density at radius 1 is 1.03 bits per heavy atom. The van der Waals surface area contributed by atoms with Gasteiger partial charge in [-0.2, -0.15) is 13.2 Å². The van der Waals surface area contributed by atoms with E-state index in [0.717, 1.165) is 50.7 Å². The number of amides is 1. The number of hydrogen-bond donors (Lipinski definition) is 1. The van der Waals surface area contributed by atoms with Crippen LogP contribution in [0, 0.1) is 23.1 Å². The molecule has 32 heavy (non-hydrogen) atoms. The summed E-state index contributed by atoms with van der Waals surface area (Å²) in [5.41, 5.74) is -0.306. The van der Waals surface area contributed by atoms with Crippen molar-refractivity contribution in [1.82, 2.24) is 5.32 Å². The first-order valence-electron chi connectivity index (χ1n) is 11.0. The summed E-state index contributed by atoms with van der Waals surface area (Å²) in [7, 11) is 0. The molecule has 0 spiro atoms. The summed E-state index contributed by atoms with van der Waals surface area (Å²) < 4.78 is 52.6. The third kappa shape index (κ3) is 3.70. The fourth-order valence-corrected chi connectivity index (χ4v) is 7.03. The summed E-state index contributed by atoms with van der Waals surface area (Å²) in [6.45, 7) is -0.117. The minimum atomic E-state index is -4.60. The summed E-state index contributed by atoms with van der Waals surface area (Å²) in [6, 6.07) is 10.4. The first-order chi connectivity index (χ1) is 15.1. The Kier molecular flexibility index (Phi) is 5.08. The molecule has 4 bridgehead atoms. The lowest BCUT2D eigenvalue weighted by atomic mass is 9.42. The van der Waals surface area contributed by atoms with E-state index in [-0.39, 0.29) is 23.4 Å². The van der Waals surface area contributed by atoms with Gasteiger partial charge in [0.1, 0.15) is 5.82 Å². The maximum Gasteiger partial charge on any atom is 0.416 e. The van der Waals surface area contributed by atoms with Crippen molar-refractivity contribution in [1.29, 1.82) is 0 Å². The van der Waals surface area contributed by atoms with Crippen molar-refractivity contribution in [2.45, 2.75) is 56.7 Å². The highest BCUT2D eigenvalue weighted by molar-refractivity contribution is 6.30. The Morgan fingerprint density at radius 2 is 1.69 bits per heavy atom. The molecule has 2 nitrogen and oxygen atoms in total. The Hall–Kier alpha value is -2.08.